The Morgan fingerprint density at radius 1 is 1.22 bits per heavy atom. The molecule has 1 saturated heterocycles. The van der Waals surface area contributed by atoms with Crippen LogP contribution in [0.4, 0.5) is 4.39 Å². The first-order valence-electron chi connectivity index (χ1n) is 9.38. The summed E-state index contributed by atoms with van der Waals surface area (Å²) in [4.78, 5) is 2.46. The second-order valence-electron chi connectivity index (χ2n) is 7.09. The maximum absolute atomic E-state index is 13.7. The van der Waals surface area contributed by atoms with Crippen molar-refractivity contribution in [1.82, 2.24) is 15.1 Å². The number of piperidine rings is 1. The lowest BCUT2D eigenvalue weighted by Crippen LogP contribution is -2.34. The van der Waals surface area contributed by atoms with Gasteiger partial charge >= 0.3 is 0 Å². The molecule has 0 saturated carbocycles. The SMILES string of the molecule is COc1ccccc1CN1CCCC(c2[nH]ncc2-c2cccc(F)c2)C1. The van der Waals surface area contributed by atoms with Crippen molar-refractivity contribution in [1.29, 1.82) is 0 Å². The molecule has 1 unspecified atom stereocenters. The lowest BCUT2D eigenvalue weighted by Gasteiger charge is -2.33. The Morgan fingerprint density at radius 3 is 2.96 bits per heavy atom. The third-order valence-electron chi connectivity index (χ3n) is 5.30. The Bertz CT molecular complexity index is 908. The zero-order valence-electron chi connectivity index (χ0n) is 15.5. The van der Waals surface area contributed by atoms with Crippen molar-refractivity contribution in [3.8, 4) is 16.9 Å². The quantitative estimate of drug-likeness (QED) is 0.718. The Kier molecular flexibility index (Phi) is 5.21. The van der Waals surface area contributed by atoms with Crippen molar-refractivity contribution in [3.05, 3.63) is 71.8 Å². The number of nitrogens with one attached hydrogen (secondary N) is 1. The van der Waals surface area contributed by atoms with Crippen molar-refractivity contribution in [3.63, 3.8) is 0 Å². The van der Waals surface area contributed by atoms with E-state index < -0.39 is 0 Å². The van der Waals surface area contributed by atoms with Crippen LogP contribution in [0.1, 0.15) is 30.0 Å². The molecule has 140 valence electrons. The zero-order chi connectivity index (χ0) is 18.6. The molecular formula is C22H24FN3O. The standard InChI is InChI=1S/C22H24FN3O/c1-27-21-10-3-2-6-17(21)14-26-11-5-8-18(15-26)22-20(13-24-25-22)16-7-4-9-19(23)12-16/h2-4,6-7,9-10,12-13,18H,5,8,11,14-15H2,1H3,(H,24,25). The molecule has 1 aliphatic rings. The average molecular weight is 365 g/mol. The number of para-hydroxylation sites is 1. The predicted octanol–water partition coefficient (Wildman–Crippen LogP) is 4.60. The van der Waals surface area contributed by atoms with Crippen molar-refractivity contribution in [2.24, 2.45) is 0 Å². The number of H-pyrrole nitrogens is 1. The molecule has 27 heavy (non-hydrogen) atoms. The molecule has 4 nitrogen and oxygen atoms in total. The summed E-state index contributed by atoms with van der Waals surface area (Å²) in [5.41, 5.74) is 4.18. The minimum Gasteiger partial charge on any atom is -0.496 e. The number of aromatic nitrogens is 2. The highest BCUT2D eigenvalue weighted by Gasteiger charge is 2.25. The van der Waals surface area contributed by atoms with Crippen molar-refractivity contribution < 1.29 is 9.13 Å². The lowest BCUT2D eigenvalue weighted by molar-refractivity contribution is 0.196. The van der Waals surface area contributed by atoms with E-state index >= 15 is 0 Å². The fourth-order valence-electron chi connectivity index (χ4n) is 4.00. The number of benzene rings is 2. The maximum atomic E-state index is 13.7. The first kappa shape index (κ1) is 17.7. The number of hydrogen-bond acceptors (Lipinski definition) is 3. The maximum Gasteiger partial charge on any atom is 0.123 e. The van der Waals surface area contributed by atoms with E-state index in [2.05, 4.69) is 27.2 Å². The molecule has 0 spiro atoms. The number of halogens is 1. The van der Waals surface area contributed by atoms with Gasteiger partial charge in [0, 0.05) is 35.8 Å². The van der Waals surface area contributed by atoms with Crippen LogP contribution in [-0.2, 0) is 6.54 Å². The first-order chi connectivity index (χ1) is 13.2. The van der Waals surface area contributed by atoms with Crippen LogP contribution in [0, 0.1) is 5.82 Å². The molecule has 5 heteroatoms. The summed E-state index contributed by atoms with van der Waals surface area (Å²) >= 11 is 0. The van der Waals surface area contributed by atoms with E-state index in [0.717, 1.165) is 55.0 Å². The molecule has 0 aliphatic carbocycles. The number of aromatic amines is 1. The van der Waals surface area contributed by atoms with Gasteiger partial charge in [0.15, 0.2) is 0 Å². The number of likely N-dealkylation sites (tertiary alicyclic amines) is 1. The lowest BCUT2D eigenvalue weighted by atomic mass is 9.90. The Hall–Kier alpha value is -2.66. The highest BCUT2D eigenvalue weighted by molar-refractivity contribution is 5.65. The molecule has 1 aliphatic heterocycles. The van der Waals surface area contributed by atoms with Crippen molar-refractivity contribution in [2.45, 2.75) is 25.3 Å². The second kappa shape index (κ2) is 7.92. The van der Waals surface area contributed by atoms with Crippen LogP contribution >= 0.6 is 0 Å². The molecular weight excluding hydrogens is 341 g/mol. The summed E-state index contributed by atoms with van der Waals surface area (Å²) in [5.74, 6) is 1.07. The van der Waals surface area contributed by atoms with Gasteiger partial charge in [-0.2, -0.15) is 5.10 Å². The van der Waals surface area contributed by atoms with Gasteiger partial charge in [-0.25, -0.2) is 4.39 Å². The van der Waals surface area contributed by atoms with Crippen LogP contribution < -0.4 is 4.74 Å². The molecule has 1 fully saturated rings. The molecule has 1 N–H and O–H groups in total. The topological polar surface area (TPSA) is 41.1 Å². The number of ether oxygens (including phenoxy) is 1. The minimum absolute atomic E-state index is 0.221. The van der Waals surface area contributed by atoms with Gasteiger partial charge in [0.25, 0.3) is 0 Å². The number of hydrogen-bond donors (Lipinski definition) is 1. The summed E-state index contributed by atoms with van der Waals surface area (Å²) in [6.07, 6.45) is 4.04. The molecule has 2 aromatic carbocycles. The van der Waals surface area contributed by atoms with E-state index in [0.29, 0.717) is 5.92 Å². The Balaban J connectivity index is 1.53. The third kappa shape index (κ3) is 3.88. The van der Waals surface area contributed by atoms with Gasteiger partial charge in [0.2, 0.25) is 0 Å². The third-order valence-corrected chi connectivity index (χ3v) is 5.30. The van der Waals surface area contributed by atoms with E-state index in [9.17, 15) is 4.39 Å². The summed E-state index contributed by atoms with van der Waals surface area (Å²) in [7, 11) is 1.72. The van der Waals surface area contributed by atoms with Crippen LogP contribution in [0.3, 0.4) is 0 Å². The van der Waals surface area contributed by atoms with Crippen LogP contribution in [-0.4, -0.2) is 35.3 Å². The normalized spacial score (nSPS) is 17.8. The molecule has 3 aromatic rings. The van der Waals surface area contributed by atoms with Crippen LogP contribution in [0.2, 0.25) is 0 Å². The van der Waals surface area contributed by atoms with Gasteiger partial charge in [-0.1, -0.05) is 30.3 Å². The highest BCUT2D eigenvalue weighted by atomic mass is 19.1. The molecule has 0 bridgehead atoms. The summed E-state index contributed by atoms with van der Waals surface area (Å²) < 4.78 is 19.2. The van der Waals surface area contributed by atoms with E-state index in [1.807, 2.05) is 24.4 Å². The number of nitrogens with zero attached hydrogens (tertiary/aromatic N) is 2. The van der Waals surface area contributed by atoms with Gasteiger partial charge in [-0.15, -0.1) is 0 Å². The first-order valence-corrected chi connectivity index (χ1v) is 9.38. The summed E-state index contributed by atoms with van der Waals surface area (Å²) in [6, 6.07) is 14.9. The fourth-order valence-corrected chi connectivity index (χ4v) is 4.00. The minimum atomic E-state index is -0.221. The predicted molar refractivity (Wildman–Crippen MR) is 104 cm³/mol. The highest BCUT2D eigenvalue weighted by Crippen LogP contribution is 2.34. The van der Waals surface area contributed by atoms with Gasteiger partial charge in [0.1, 0.15) is 11.6 Å². The largest absolute Gasteiger partial charge is 0.496 e. The molecule has 1 atom stereocenters. The zero-order valence-corrected chi connectivity index (χ0v) is 15.5. The van der Waals surface area contributed by atoms with Gasteiger partial charge in [-0.05, 0) is 43.1 Å². The molecule has 1 aromatic heterocycles. The Morgan fingerprint density at radius 2 is 2.11 bits per heavy atom. The number of rotatable bonds is 5. The second-order valence-corrected chi connectivity index (χ2v) is 7.09. The number of methoxy groups -OCH3 is 1. The van der Waals surface area contributed by atoms with E-state index in [4.69, 9.17) is 4.74 Å². The van der Waals surface area contributed by atoms with Crippen LogP contribution in [0.15, 0.2) is 54.7 Å². The monoisotopic (exact) mass is 365 g/mol. The fraction of sp³-hybridized carbons (Fsp3) is 0.318. The smallest absolute Gasteiger partial charge is 0.123 e. The van der Waals surface area contributed by atoms with Gasteiger partial charge in [-0.3, -0.25) is 10.00 Å². The molecule has 0 radical (unpaired) electrons. The Labute approximate surface area is 159 Å². The van der Waals surface area contributed by atoms with E-state index in [-0.39, 0.29) is 5.82 Å². The molecule has 0 amide bonds. The molecule has 2 heterocycles. The van der Waals surface area contributed by atoms with Crippen molar-refractivity contribution in [2.75, 3.05) is 20.2 Å². The van der Waals surface area contributed by atoms with Crippen LogP contribution in [0.25, 0.3) is 11.1 Å². The van der Waals surface area contributed by atoms with Crippen LogP contribution in [0.5, 0.6) is 5.75 Å². The summed E-state index contributed by atoms with van der Waals surface area (Å²) in [6.45, 7) is 2.88. The van der Waals surface area contributed by atoms with E-state index in [1.165, 1.54) is 11.6 Å². The average Bonchev–Trinajstić information content (AvgIpc) is 3.19. The van der Waals surface area contributed by atoms with Gasteiger partial charge < -0.3 is 4.74 Å². The van der Waals surface area contributed by atoms with Crippen molar-refractivity contribution >= 4 is 0 Å². The molecule has 4 rings (SSSR count). The van der Waals surface area contributed by atoms with E-state index in [1.54, 1.807) is 19.2 Å². The summed E-state index contributed by atoms with van der Waals surface area (Å²) in [5, 5.41) is 7.43. The van der Waals surface area contributed by atoms with Gasteiger partial charge in [0.05, 0.1) is 13.3 Å².